The second-order valence-electron chi connectivity index (χ2n) is 12.0. The van der Waals surface area contributed by atoms with E-state index in [2.05, 4.69) is 4.98 Å². The number of hydrogen-bond donors (Lipinski definition) is 1. The average Bonchev–Trinajstić information content (AvgIpc) is 3.21. The number of aromatic nitrogens is 2. The van der Waals surface area contributed by atoms with E-state index >= 15 is 0 Å². The summed E-state index contributed by atoms with van der Waals surface area (Å²) in [6.45, 7) is 2.96. The lowest BCUT2D eigenvalue weighted by atomic mass is 9.80. The van der Waals surface area contributed by atoms with Crippen molar-refractivity contribution in [1.82, 2.24) is 9.55 Å². The van der Waals surface area contributed by atoms with E-state index in [1.54, 1.807) is 52.3 Å². The van der Waals surface area contributed by atoms with Crippen LogP contribution in [0.2, 0.25) is 0 Å². The maximum Gasteiger partial charge on any atom is 0.357 e. The molecule has 12 nitrogen and oxygen atoms in total. The highest BCUT2D eigenvalue weighted by Crippen LogP contribution is 2.42. The fourth-order valence-electron chi connectivity index (χ4n) is 5.72. The predicted molar refractivity (Wildman–Crippen MR) is 210 cm³/mol. The Hall–Kier alpha value is -6.02. The Morgan fingerprint density at radius 1 is 0.782 bits per heavy atom. The number of para-hydroxylation sites is 1. The van der Waals surface area contributed by atoms with Gasteiger partial charge < -0.3 is 33.2 Å². The zero-order chi connectivity index (χ0) is 39.2. The number of hydrogen-bond acceptors (Lipinski definition) is 11. The third-order valence-electron chi connectivity index (χ3n) is 8.43. The number of esters is 1. The number of thiocarbonyl (C=S) groups is 1. The van der Waals surface area contributed by atoms with Crippen LogP contribution in [0.4, 0.5) is 0 Å². The highest BCUT2D eigenvalue weighted by molar-refractivity contribution is 7.79. The lowest BCUT2D eigenvalue weighted by Gasteiger charge is -2.37. The molecule has 1 aromatic heterocycles. The molecule has 1 N–H and O–H groups in total. The summed E-state index contributed by atoms with van der Waals surface area (Å²) in [6.07, 6.45) is 1.59. The molecule has 0 bridgehead atoms. The van der Waals surface area contributed by atoms with Gasteiger partial charge in [0.15, 0.2) is 6.23 Å². The summed E-state index contributed by atoms with van der Waals surface area (Å²) in [7, 11) is 3.19. The Bertz CT molecular complexity index is 2100. The molecule has 55 heavy (non-hydrogen) atoms. The first-order chi connectivity index (χ1) is 26.7. The van der Waals surface area contributed by atoms with E-state index in [1.807, 2.05) is 84.9 Å². The van der Waals surface area contributed by atoms with Gasteiger partial charge in [-0.1, -0.05) is 72.8 Å². The lowest BCUT2D eigenvalue weighted by molar-refractivity contribution is -0.137. The van der Waals surface area contributed by atoms with Crippen LogP contribution in [0.15, 0.2) is 137 Å². The van der Waals surface area contributed by atoms with Crippen LogP contribution < -0.4 is 25.5 Å². The molecule has 2 atom stereocenters. The number of nitrogens with zero attached hydrogens (tertiary/aromatic N) is 1. The molecule has 0 unspecified atom stereocenters. The third-order valence-corrected chi connectivity index (χ3v) is 8.63. The van der Waals surface area contributed by atoms with E-state index in [4.69, 9.17) is 45.4 Å². The monoisotopic (exact) mass is 766 g/mol. The van der Waals surface area contributed by atoms with Crippen LogP contribution in [-0.4, -0.2) is 60.9 Å². The van der Waals surface area contributed by atoms with Crippen molar-refractivity contribution in [3.05, 3.63) is 171 Å². The summed E-state index contributed by atoms with van der Waals surface area (Å²) >= 11 is 5.43. The van der Waals surface area contributed by atoms with E-state index in [9.17, 15) is 14.4 Å². The number of H-pyrrole nitrogens is 1. The Morgan fingerprint density at radius 3 is 1.91 bits per heavy atom. The Morgan fingerprint density at radius 2 is 1.35 bits per heavy atom. The molecule has 0 saturated carbocycles. The number of rotatable bonds is 17. The van der Waals surface area contributed by atoms with Gasteiger partial charge in [0, 0.05) is 30.1 Å². The minimum absolute atomic E-state index is 0.133. The van der Waals surface area contributed by atoms with Gasteiger partial charge >= 0.3 is 16.9 Å². The molecule has 0 saturated heterocycles. The predicted octanol–water partition coefficient (Wildman–Crippen LogP) is 6.25. The van der Waals surface area contributed by atoms with Crippen LogP contribution in [0.5, 0.6) is 17.2 Å². The van der Waals surface area contributed by atoms with E-state index in [0.717, 1.165) is 27.3 Å². The van der Waals surface area contributed by atoms with Crippen molar-refractivity contribution in [1.29, 1.82) is 0 Å². The fraction of sp³-hybridized carbons (Fsp3) is 0.238. The van der Waals surface area contributed by atoms with Gasteiger partial charge in [-0.3, -0.25) is 14.3 Å². The van der Waals surface area contributed by atoms with Crippen molar-refractivity contribution < 1.29 is 38.0 Å². The molecular weight excluding hydrogens is 725 g/mol. The summed E-state index contributed by atoms with van der Waals surface area (Å²) in [5, 5.41) is -0.185. The van der Waals surface area contributed by atoms with E-state index in [1.165, 1.54) is 12.3 Å². The topological polar surface area (TPSA) is 137 Å². The second-order valence-corrected chi connectivity index (χ2v) is 12.4. The molecule has 5 rings (SSSR count). The zero-order valence-corrected chi connectivity index (χ0v) is 31.7. The minimum atomic E-state index is -1.25. The molecule has 0 spiro atoms. The fourth-order valence-corrected chi connectivity index (χ4v) is 5.89. The number of benzene rings is 4. The summed E-state index contributed by atoms with van der Waals surface area (Å²) in [5.74, 6) is 1.11. The maximum atomic E-state index is 13.2. The van der Waals surface area contributed by atoms with Gasteiger partial charge in [-0.25, -0.2) is 9.59 Å². The van der Waals surface area contributed by atoms with Gasteiger partial charge in [-0.05, 0) is 73.0 Å². The van der Waals surface area contributed by atoms with Crippen molar-refractivity contribution in [2.75, 3.05) is 34.0 Å². The lowest BCUT2D eigenvalue weighted by Crippen LogP contribution is -2.40. The normalized spacial score (nSPS) is 12.4. The van der Waals surface area contributed by atoms with Crippen LogP contribution >= 0.6 is 12.2 Å². The first-order valence-electron chi connectivity index (χ1n) is 17.4. The summed E-state index contributed by atoms with van der Waals surface area (Å²) in [6, 6.07) is 33.6. The smallest absolute Gasteiger partial charge is 0.357 e. The number of aryl methyl sites for hydroxylation is 1. The Balaban J connectivity index is 1.60. The van der Waals surface area contributed by atoms with Gasteiger partial charge in [0.1, 0.15) is 35.6 Å². The summed E-state index contributed by atoms with van der Waals surface area (Å²) in [4.78, 5) is 40.3. The van der Waals surface area contributed by atoms with Crippen molar-refractivity contribution in [2.45, 2.75) is 31.8 Å². The molecule has 0 aliphatic heterocycles. The largest absolute Gasteiger partial charge is 0.497 e. The number of ether oxygens (including phenoxy) is 7. The van der Waals surface area contributed by atoms with Crippen LogP contribution in [0.3, 0.4) is 0 Å². The Kier molecular flexibility index (Phi) is 14.1. The molecule has 0 fully saturated rings. The van der Waals surface area contributed by atoms with Crippen molar-refractivity contribution >= 4 is 23.4 Å². The highest BCUT2D eigenvalue weighted by Gasteiger charge is 2.39. The molecule has 0 aliphatic rings. The molecule has 5 aromatic rings. The standard InChI is InChI=1S/C42H42N2O10S/c1-5-50-38(45)25-24-37(44-26-29(2)39(46)43-40(44)47)53-36(27-51-41(55)54-35-14-10-7-11-15-35)28-52-42(30-12-8-6-9-13-30,31-16-20-33(48-3)21-17-31)32-18-22-34(49-4)23-19-32/h6-26,36-37H,5,27-28H2,1-4H3,(H,43,46,47)/b25-24+/t36-,37+/m0/s1. The maximum absolute atomic E-state index is 13.2. The highest BCUT2D eigenvalue weighted by atomic mass is 32.1. The van der Waals surface area contributed by atoms with Gasteiger partial charge in [0.2, 0.25) is 0 Å². The first-order valence-corrected chi connectivity index (χ1v) is 17.8. The Labute approximate surface area is 323 Å². The summed E-state index contributed by atoms with van der Waals surface area (Å²) < 4.78 is 42.5. The number of carbonyl (C=O) groups excluding carboxylic acids is 1. The molecule has 4 aromatic carbocycles. The van der Waals surface area contributed by atoms with Crippen LogP contribution in [0.1, 0.15) is 35.4 Å². The van der Waals surface area contributed by atoms with E-state index in [0.29, 0.717) is 17.2 Å². The van der Waals surface area contributed by atoms with E-state index in [-0.39, 0.29) is 30.6 Å². The first kappa shape index (κ1) is 40.2. The van der Waals surface area contributed by atoms with Crippen molar-refractivity contribution in [3.63, 3.8) is 0 Å². The van der Waals surface area contributed by atoms with Crippen LogP contribution in [0, 0.1) is 6.92 Å². The van der Waals surface area contributed by atoms with Gasteiger partial charge in [-0.15, -0.1) is 0 Å². The SMILES string of the molecule is CCOC(=O)/C=C/[C@@H](O[C@@H](COC(=S)Oc1ccccc1)COC(c1ccccc1)(c1ccc(OC)cc1)c1ccc(OC)cc1)n1cc(C)c(=O)[nH]c1=O. The minimum Gasteiger partial charge on any atom is -0.497 e. The average molecular weight is 767 g/mol. The number of methoxy groups -OCH3 is 2. The molecule has 0 aliphatic carbocycles. The second kappa shape index (κ2) is 19.3. The van der Waals surface area contributed by atoms with Crippen LogP contribution in [-0.2, 0) is 29.3 Å². The number of carbonyl (C=O) groups is 1. The number of aromatic amines is 1. The molecule has 0 radical (unpaired) electrons. The molecule has 0 amide bonds. The molecule has 1 heterocycles. The molecular formula is C42H42N2O10S. The van der Waals surface area contributed by atoms with Crippen molar-refractivity contribution in [3.8, 4) is 17.2 Å². The van der Waals surface area contributed by atoms with Gasteiger partial charge in [0.25, 0.3) is 5.56 Å². The number of nitrogens with one attached hydrogen (secondary N) is 1. The quantitative estimate of drug-likeness (QED) is 0.0498. The van der Waals surface area contributed by atoms with E-state index < -0.39 is 35.2 Å². The van der Waals surface area contributed by atoms with Crippen LogP contribution in [0.25, 0.3) is 0 Å². The molecule has 13 heteroatoms. The third kappa shape index (κ3) is 10.4. The van der Waals surface area contributed by atoms with Gasteiger partial charge in [-0.2, -0.15) is 0 Å². The molecule has 286 valence electrons. The van der Waals surface area contributed by atoms with Gasteiger partial charge in [0.05, 0.1) is 27.4 Å². The van der Waals surface area contributed by atoms with Crippen molar-refractivity contribution in [2.24, 2.45) is 0 Å². The zero-order valence-electron chi connectivity index (χ0n) is 30.8. The summed E-state index contributed by atoms with van der Waals surface area (Å²) in [5.41, 5.74) is -0.0257.